The first-order chi connectivity index (χ1) is 7.65. The maximum atomic E-state index is 13.2. The van der Waals surface area contributed by atoms with Crippen LogP contribution in [0.15, 0.2) is 12.3 Å². The van der Waals surface area contributed by atoms with Gasteiger partial charge in [0.1, 0.15) is 11.9 Å². The summed E-state index contributed by atoms with van der Waals surface area (Å²) in [4.78, 5) is 3.58. The average Bonchev–Trinajstić information content (AvgIpc) is 2.22. The summed E-state index contributed by atoms with van der Waals surface area (Å²) in [6.45, 7) is 0. The van der Waals surface area contributed by atoms with Crippen molar-refractivity contribution in [2.75, 3.05) is 0 Å². The lowest BCUT2D eigenvalue weighted by Gasteiger charge is -2.26. The predicted molar refractivity (Wildman–Crippen MR) is 55.0 cm³/mol. The summed E-state index contributed by atoms with van der Waals surface area (Å²) in [6, 6.07) is 0.868. The molecule has 1 aromatic rings. The van der Waals surface area contributed by atoms with Gasteiger partial charge in [0.25, 0.3) is 5.88 Å². The van der Waals surface area contributed by atoms with Crippen LogP contribution in [0.3, 0.4) is 0 Å². The molecular formula is C11H14F2N2O. The van der Waals surface area contributed by atoms with Gasteiger partial charge in [-0.15, -0.1) is 0 Å². The average molecular weight is 228 g/mol. The van der Waals surface area contributed by atoms with Crippen molar-refractivity contribution in [2.24, 2.45) is 5.73 Å². The molecule has 0 bridgehead atoms. The summed E-state index contributed by atoms with van der Waals surface area (Å²) in [5.41, 5.74) is 5.79. The molecule has 1 fully saturated rings. The molecule has 0 aliphatic heterocycles. The SMILES string of the molecule is NC1CCCC(Oc2ncc(F)cc2F)C1. The summed E-state index contributed by atoms with van der Waals surface area (Å²) in [7, 11) is 0. The quantitative estimate of drug-likeness (QED) is 0.842. The second kappa shape index (κ2) is 4.74. The van der Waals surface area contributed by atoms with E-state index in [2.05, 4.69) is 4.98 Å². The minimum atomic E-state index is -0.765. The number of rotatable bonds is 2. The Morgan fingerprint density at radius 3 is 2.88 bits per heavy atom. The number of pyridine rings is 1. The van der Waals surface area contributed by atoms with Crippen LogP contribution in [-0.4, -0.2) is 17.1 Å². The molecule has 0 radical (unpaired) electrons. The smallest absolute Gasteiger partial charge is 0.250 e. The van der Waals surface area contributed by atoms with Crippen molar-refractivity contribution >= 4 is 0 Å². The van der Waals surface area contributed by atoms with E-state index in [4.69, 9.17) is 10.5 Å². The topological polar surface area (TPSA) is 48.1 Å². The lowest BCUT2D eigenvalue weighted by molar-refractivity contribution is 0.132. The van der Waals surface area contributed by atoms with Crippen LogP contribution < -0.4 is 10.5 Å². The Hall–Kier alpha value is -1.23. The Balaban J connectivity index is 2.02. The van der Waals surface area contributed by atoms with Crippen LogP contribution in [0.1, 0.15) is 25.7 Å². The van der Waals surface area contributed by atoms with E-state index >= 15 is 0 Å². The third-order valence-corrected chi connectivity index (χ3v) is 2.72. The molecule has 1 saturated carbocycles. The summed E-state index contributed by atoms with van der Waals surface area (Å²) in [5.74, 6) is -1.61. The Labute approximate surface area is 92.6 Å². The predicted octanol–water partition coefficient (Wildman–Crippen LogP) is 2.01. The molecule has 16 heavy (non-hydrogen) atoms. The first-order valence-electron chi connectivity index (χ1n) is 5.38. The van der Waals surface area contributed by atoms with Crippen LogP contribution in [-0.2, 0) is 0 Å². The van der Waals surface area contributed by atoms with Crippen LogP contribution in [0.2, 0.25) is 0 Å². The normalized spacial score (nSPS) is 25.4. The Bertz CT molecular complexity index is 373. The second-order valence-corrected chi connectivity index (χ2v) is 4.11. The Morgan fingerprint density at radius 2 is 2.19 bits per heavy atom. The maximum Gasteiger partial charge on any atom is 0.250 e. The molecular weight excluding hydrogens is 214 g/mol. The van der Waals surface area contributed by atoms with E-state index < -0.39 is 11.6 Å². The number of hydrogen-bond donors (Lipinski definition) is 1. The molecule has 2 rings (SSSR count). The molecule has 5 heteroatoms. The van der Waals surface area contributed by atoms with Gasteiger partial charge in [-0.3, -0.25) is 0 Å². The zero-order chi connectivity index (χ0) is 11.5. The van der Waals surface area contributed by atoms with Crippen LogP contribution >= 0.6 is 0 Å². The van der Waals surface area contributed by atoms with E-state index in [0.29, 0.717) is 6.42 Å². The van der Waals surface area contributed by atoms with Gasteiger partial charge in [0.2, 0.25) is 0 Å². The first kappa shape index (κ1) is 11.3. The largest absolute Gasteiger partial charge is 0.472 e. The lowest BCUT2D eigenvalue weighted by Crippen LogP contribution is -2.34. The highest BCUT2D eigenvalue weighted by Crippen LogP contribution is 2.23. The van der Waals surface area contributed by atoms with Crippen molar-refractivity contribution < 1.29 is 13.5 Å². The summed E-state index contributed by atoms with van der Waals surface area (Å²) < 4.78 is 31.2. The van der Waals surface area contributed by atoms with Gasteiger partial charge in [-0.1, -0.05) is 0 Å². The molecule has 0 aromatic carbocycles. The third kappa shape index (κ3) is 2.66. The van der Waals surface area contributed by atoms with Gasteiger partial charge in [-0.25, -0.2) is 13.8 Å². The van der Waals surface area contributed by atoms with Gasteiger partial charge in [0, 0.05) is 12.1 Å². The molecule has 2 atom stereocenters. The minimum absolute atomic E-state index is 0.0993. The zero-order valence-electron chi connectivity index (χ0n) is 8.83. The van der Waals surface area contributed by atoms with E-state index in [-0.39, 0.29) is 18.0 Å². The summed E-state index contributed by atoms with van der Waals surface area (Å²) >= 11 is 0. The van der Waals surface area contributed by atoms with Crippen molar-refractivity contribution in [3.8, 4) is 5.88 Å². The minimum Gasteiger partial charge on any atom is -0.472 e. The molecule has 0 amide bonds. The van der Waals surface area contributed by atoms with E-state index in [1.54, 1.807) is 0 Å². The number of halogens is 2. The van der Waals surface area contributed by atoms with Gasteiger partial charge in [-0.2, -0.15) is 0 Å². The van der Waals surface area contributed by atoms with Gasteiger partial charge in [0.05, 0.1) is 6.20 Å². The highest BCUT2D eigenvalue weighted by molar-refractivity contribution is 5.14. The molecule has 1 aromatic heterocycles. The molecule has 3 nitrogen and oxygen atoms in total. The molecule has 0 saturated heterocycles. The van der Waals surface area contributed by atoms with E-state index in [1.165, 1.54) is 0 Å². The number of aromatic nitrogens is 1. The fourth-order valence-corrected chi connectivity index (χ4v) is 1.93. The highest BCUT2D eigenvalue weighted by atomic mass is 19.1. The molecule has 2 N–H and O–H groups in total. The van der Waals surface area contributed by atoms with Crippen LogP contribution in [0.5, 0.6) is 5.88 Å². The lowest BCUT2D eigenvalue weighted by atomic mass is 9.94. The molecule has 88 valence electrons. The molecule has 0 spiro atoms. The Kier molecular flexibility index (Phi) is 3.33. The number of hydrogen-bond acceptors (Lipinski definition) is 3. The van der Waals surface area contributed by atoms with Gasteiger partial charge in [-0.05, 0) is 25.7 Å². The van der Waals surface area contributed by atoms with Crippen molar-refractivity contribution in [3.63, 3.8) is 0 Å². The van der Waals surface area contributed by atoms with Gasteiger partial charge >= 0.3 is 0 Å². The highest BCUT2D eigenvalue weighted by Gasteiger charge is 2.22. The van der Waals surface area contributed by atoms with Crippen LogP contribution in [0, 0.1) is 11.6 Å². The van der Waals surface area contributed by atoms with Crippen molar-refractivity contribution in [3.05, 3.63) is 23.9 Å². The third-order valence-electron chi connectivity index (χ3n) is 2.72. The molecule has 2 unspecified atom stereocenters. The van der Waals surface area contributed by atoms with Crippen LogP contribution in [0.4, 0.5) is 8.78 Å². The molecule has 1 aliphatic rings. The maximum absolute atomic E-state index is 13.2. The fraction of sp³-hybridized carbons (Fsp3) is 0.545. The summed E-state index contributed by atoms with van der Waals surface area (Å²) in [5, 5.41) is 0. The zero-order valence-corrected chi connectivity index (χ0v) is 8.83. The number of nitrogens with zero attached hydrogens (tertiary/aromatic N) is 1. The first-order valence-corrected chi connectivity index (χ1v) is 5.38. The number of nitrogens with two attached hydrogens (primary N) is 1. The molecule has 1 aliphatic carbocycles. The monoisotopic (exact) mass is 228 g/mol. The van der Waals surface area contributed by atoms with Crippen molar-refractivity contribution in [1.82, 2.24) is 4.98 Å². The van der Waals surface area contributed by atoms with Crippen molar-refractivity contribution in [1.29, 1.82) is 0 Å². The molecule has 1 heterocycles. The Morgan fingerprint density at radius 1 is 1.38 bits per heavy atom. The van der Waals surface area contributed by atoms with Crippen LogP contribution in [0.25, 0.3) is 0 Å². The van der Waals surface area contributed by atoms with E-state index in [1.807, 2.05) is 0 Å². The van der Waals surface area contributed by atoms with E-state index in [9.17, 15) is 8.78 Å². The summed E-state index contributed by atoms with van der Waals surface area (Å²) in [6.07, 6.45) is 4.30. The number of ether oxygens (including phenoxy) is 1. The fourth-order valence-electron chi connectivity index (χ4n) is 1.93. The second-order valence-electron chi connectivity index (χ2n) is 4.11. The van der Waals surface area contributed by atoms with Gasteiger partial charge in [0.15, 0.2) is 5.82 Å². The van der Waals surface area contributed by atoms with Gasteiger partial charge < -0.3 is 10.5 Å². The van der Waals surface area contributed by atoms with Crippen molar-refractivity contribution in [2.45, 2.75) is 37.8 Å². The van der Waals surface area contributed by atoms with E-state index in [0.717, 1.165) is 31.5 Å². The standard InChI is InChI=1S/C11H14F2N2O/c12-7-4-10(13)11(15-6-7)16-9-3-1-2-8(14)5-9/h4,6,8-9H,1-3,5,14H2.